The molecule has 23 heavy (non-hydrogen) atoms. The van der Waals surface area contributed by atoms with E-state index in [9.17, 15) is 14.9 Å². The van der Waals surface area contributed by atoms with E-state index < -0.39 is 4.92 Å². The zero-order chi connectivity index (χ0) is 16.8. The Morgan fingerprint density at radius 3 is 2.61 bits per heavy atom. The summed E-state index contributed by atoms with van der Waals surface area (Å²) in [5.74, 6) is 0.169. The molecule has 1 aromatic carbocycles. The average Bonchev–Trinajstić information content (AvgIpc) is 3.08. The van der Waals surface area contributed by atoms with E-state index in [1.807, 2.05) is 0 Å². The molecule has 0 aliphatic carbocycles. The van der Waals surface area contributed by atoms with Gasteiger partial charge in [-0.3, -0.25) is 14.9 Å². The number of carbonyl (C=O) groups excluding carboxylic acids is 1. The van der Waals surface area contributed by atoms with Gasteiger partial charge in [-0.1, -0.05) is 6.07 Å². The topological polar surface area (TPSA) is 103 Å². The molecule has 1 N–H and O–H groups in total. The second kappa shape index (κ2) is 7.36. The summed E-state index contributed by atoms with van der Waals surface area (Å²) >= 11 is 1.27. The molecule has 2 aromatic rings. The van der Waals surface area contributed by atoms with Gasteiger partial charge in [0.25, 0.3) is 11.6 Å². The molecule has 0 radical (unpaired) electrons. The number of amides is 1. The number of benzene rings is 1. The minimum Gasteiger partial charge on any atom is -0.493 e. The Hall–Kier alpha value is -2.94. The molecule has 1 heterocycles. The average molecular weight is 335 g/mol. The third-order valence-electron chi connectivity index (χ3n) is 2.84. The number of nitrogens with zero attached hydrogens (tertiary/aromatic N) is 2. The fraction of sp³-hybridized carbons (Fsp3) is 0.143. The molecule has 1 amide bonds. The summed E-state index contributed by atoms with van der Waals surface area (Å²) in [4.78, 5) is 22.8. The van der Waals surface area contributed by atoms with Crippen LogP contribution in [0.3, 0.4) is 0 Å². The zero-order valence-electron chi connectivity index (χ0n) is 12.3. The van der Waals surface area contributed by atoms with Crippen LogP contribution in [0.1, 0.15) is 15.2 Å². The summed E-state index contributed by atoms with van der Waals surface area (Å²) in [5, 5.41) is 16.6. The number of hydrazone groups is 1. The van der Waals surface area contributed by atoms with Gasteiger partial charge < -0.3 is 9.47 Å². The maximum Gasteiger partial charge on any atom is 0.282 e. The summed E-state index contributed by atoms with van der Waals surface area (Å²) in [5.41, 5.74) is 2.28. The van der Waals surface area contributed by atoms with Gasteiger partial charge in [0.1, 0.15) is 0 Å². The van der Waals surface area contributed by atoms with Gasteiger partial charge in [-0.2, -0.15) is 5.10 Å². The van der Waals surface area contributed by atoms with Crippen molar-refractivity contribution in [2.45, 2.75) is 0 Å². The van der Waals surface area contributed by atoms with Crippen molar-refractivity contribution in [2.24, 2.45) is 5.10 Å². The highest BCUT2D eigenvalue weighted by atomic mass is 32.1. The molecular weight excluding hydrogens is 322 g/mol. The third-order valence-corrected chi connectivity index (χ3v) is 3.71. The van der Waals surface area contributed by atoms with Crippen molar-refractivity contribution in [3.63, 3.8) is 0 Å². The van der Waals surface area contributed by atoms with Crippen molar-refractivity contribution < 1.29 is 19.2 Å². The molecule has 0 saturated carbocycles. The normalized spacial score (nSPS) is 10.5. The smallest absolute Gasteiger partial charge is 0.282 e. The van der Waals surface area contributed by atoms with Crippen LogP contribution in [0.5, 0.6) is 11.5 Å². The van der Waals surface area contributed by atoms with Gasteiger partial charge in [-0.25, -0.2) is 5.43 Å². The number of ether oxygens (including phenoxy) is 2. The second-order valence-electron chi connectivity index (χ2n) is 4.20. The van der Waals surface area contributed by atoms with Crippen LogP contribution in [0.25, 0.3) is 0 Å². The number of thiophene rings is 1. The molecule has 0 aliphatic rings. The molecule has 0 unspecified atom stereocenters. The Balaban J connectivity index is 2.25. The lowest BCUT2D eigenvalue weighted by Crippen LogP contribution is -2.16. The molecule has 120 valence electrons. The summed E-state index contributed by atoms with van der Waals surface area (Å²) in [6.07, 6.45) is 1.19. The number of rotatable bonds is 6. The molecule has 0 atom stereocenters. The lowest BCUT2D eigenvalue weighted by atomic mass is 10.1. The molecule has 0 bridgehead atoms. The number of hydrogen-bond acceptors (Lipinski definition) is 7. The minimum atomic E-state index is -0.565. The van der Waals surface area contributed by atoms with Gasteiger partial charge in [-0.15, -0.1) is 11.3 Å². The van der Waals surface area contributed by atoms with Crippen LogP contribution in [0.15, 0.2) is 34.7 Å². The summed E-state index contributed by atoms with van der Waals surface area (Å²) in [7, 11) is 2.81. The number of nitrogens with one attached hydrogen (secondary N) is 1. The van der Waals surface area contributed by atoms with Crippen LogP contribution in [-0.4, -0.2) is 31.3 Å². The number of hydrogen-bond donors (Lipinski definition) is 1. The van der Waals surface area contributed by atoms with Gasteiger partial charge in [0, 0.05) is 0 Å². The van der Waals surface area contributed by atoms with Crippen LogP contribution in [0.4, 0.5) is 5.69 Å². The third kappa shape index (κ3) is 3.83. The molecule has 0 aliphatic heterocycles. The Morgan fingerprint density at radius 1 is 1.35 bits per heavy atom. The fourth-order valence-corrected chi connectivity index (χ4v) is 2.38. The van der Waals surface area contributed by atoms with Gasteiger partial charge in [0.05, 0.1) is 41.9 Å². The van der Waals surface area contributed by atoms with E-state index in [1.54, 1.807) is 17.5 Å². The SMILES string of the molecule is COc1cc(/C=N\NC(=O)c2cccs2)c([N+](=O)[O-])cc1OC. The van der Waals surface area contributed by atoms with Gasteiger partial charge in [-0.05, 0) is 17.5 Å². The van der Waals surface area contributed by atoms with E-state index in [-0.39, 0.29) is 22.9 Å². The molecule has 1 aromatic heterocycles. The van der Waals surface area contributed by atoms with Crippen LogP contribution >= 0.6 is 11.3 Å². The van der Waals surface area contributed by atoms with Crippen LogP contribution in [0, 0.1) is 10.1 Å². The highest BCUT2D eigenvalue weighted by molar-refractivity contribution is 7.12. The van der Waals surface area contributed by atoms with Gasteiger partial charge >= 0.3 is 0 Å². The first-order valence-electron chi connectivity index (χ1n) is 6.34. The maximum atomic E-state index is 11.7. The van der Waals surface area contributed by atoms with E-state index in [1.165, 1.54) is 43.9 Å². The maximum absolute atomic E-state index is 11.7. The highest BCUT2D eigenvalue weighted by Gasteiger charge is 2.18. The summed E-state index contributed by atoms with van der Waals surface area (Å²) in [6, 6.07) is 6.04. The highest BCUT2D eigenvalue weighted by Crippen LogP contribution is 2.33. The van der Waals surface area contributed by atoms with Gasteiger partial charge in [0.2, 0.25) is 0 Å². The van der Waals surface area contributed by atoms with E-state index in [0.29, 0.717) is 10.6 Å². The molecule has 0 fully saturated rings. The van der Waals surface area contributed by atoms with Crippen molar-refractivity contribution in [2.75, 3.05) is 14.2 Å². The Bertz CT molecular complexity index is 743. The zero-order valence-corrected chi connectivity index (χ0v) is 13.1. The first kappa shape index (κ1) is 16.4. The summed E-state index contributed by atoms with van der Waals surface area (Å²) < 4.78 is 10.1. The number of nitro groups is 1. The van der Waals surface area contributed by atoms with Crippen LogP contribution in [0.2, 0.25) is 0 Å². The summed E-state index contributed by atoms with van der Waals surface area (Å²) in [6.45, 7) is 0. The molecule has 2 rings (SSSR count). The number of nitro benzene ring substituents is 1. The molecule has 9 heteroatoms. The monoisotopic (exact) mass is 335 g/mol. The largest absolute Gasteiger partial charge is 0.493 e. The second-order valence-corrected chi connectivity index (χ2v) is 5.15. The number of methoxy groups -OCH3 is 2. The Labute approximate surface area is 135 Å². The first-order valence-corrected chi connectivity index (χ1v) is 7.22. The van der Waals surface area contributed by atoms with E-state index in [4.69, 9.17) is 9.47 Å². The van der Waals surface area contributed by atoms with E-state index in [2.05, 4.69) is 10.5 Å². The Morgan fingerprint density at radius 2 is 2.04 bits per heavy atom. The fourth-order valence-electron chi connectivity index (χ4n) is 1.77. The van der Waals surface area contributed by atoms with Crippen LogP contribution in [-0.2, 0) is 0 Å². The molecule has 0 saturated heterocycles. The lowest BCUT2D eigenvalue weighted by Gasteiger charge is -2.08. The van der Waals surface area contributed by atoms with Crippen LogP contribution < -0.4 is 14.9 Å². The van der Waals surface area contributed by atoms with Gasteiger partial charge in [0.15, 0.2) is 11.5 Å². The van der Waals surface area contributed by atoms with Crippen molar-refractivity contribution in [1.29, 1.82) is 0 Å². The lowest BCUT2D eigenvalue weighted by molar-refractivity contribution is -0.385. The predicted molar refractivity (Wildman–Crippen MR) is 85.6 cm³/mol. The van der Waals surface area contributed by atoms with E-state index in [0.717, 1.165) is 0 Å². The molecule has 0 spiro atoms. The first-order chi connectivity index (χ1) is 11.1. The molecular formula is C14H13N3O5S. The minimum absolute atomic E-state index is 0.180. The standard InChI is InChI=1S/C14H13N3O5S/c1-21-11-6-9(10(17(19)20)7-12(11)22-2)8-15-16-14(18)13-4-3-5-23-13/h3-8H,1-2H3,(H,16,18)/b15-8-. The predicted octanol–water partition coefficient (Wildman–Crippen LogP) is 2.44. The van der Waals surface area contributed by atoms with Crippen molar-refractivity contribution in [3.05, 3.63) is 50.2 Å². The van der Waals surface area contributed by atoms with Crippen molar-refractivity contribution in [3.8, 4) is 11.5 Å². The molecule has 8 nitrogen and oxygen atoms in total. The Kier molecular flexibility index (Phi) is 5.26. The van der Waals surface area contributed by atoms with Crippen molar-refractivity contribution in [1.82, 2.24) is 5.43 Å². The number of carbonyl (C=O) groups is 1. The quantitative estimate of drug-likeness (QED) is 0.496. The van der Waals surface area contributed by atoms with Crippen molar-refractivity contribution >= 4 is 29.1 Å². The van der Waals surface area contributed by atoms with E-state index >= 15 is 0 Å².